The summed E-state index contributed by atoms with van der Waals surface area (Å²) in [4.78, 5) is 10.3. The number of carbonyl (C=O) groups is 1. The van der Waals surface area contributed by atoms with Crippen molar-refractivity contribution < 1.29 is 14.3 Å². The van der Waals surface area contributed by atoms with E-state index in [0.29, 0.717) is 42.6 Å². The van der Waals surface area contributed by atoms with Crippen LogP contribution in [-0.4, -0.2) is 19.5 Å². The Balaban J connectivity index is 2.29. The Morgan fingerprint density at radius 1 is 1.31 bits per heavy atom. The number of rotatable bonds is 3. The molecule has 0 radical (unpaired) electrons. The lowest BCUT2D eigenvalue weighted by Crippen LogP contribution is -1.98. The smallest absolute Gasteiger partial charge is 0.180 e. The lowest BCUT2D eigenvalue weighted by atomic mass is 10.1. The van der Waals surface area contributed by atoms with Gasteiger partial charge in [-0.05, 0) is 18.1 Å². The van der Waals surface area contributed by atoms with Crippen LogP contribution in [0.5, 0.6) is 11.5 Å². The number of halogens is 1. The third-order valence-corrected chi connectivity index (χ3v) is 2.88. The van der Waals surface area contributed by atoms with Crippen LogP contribution in [0.4, 0.5) is 0 Å². The Bertz CT molecular complexity index is 390. The highest BCUT2D eigenvalue weighted by Gasteiger charge is 2.16. The van der Waals surface area contributed by atoms with Gasteiger partial charge in [0.15, 0.2) is 11.5 Å². The van der Waals surface area contributed by atoms with Crippen LogP contribution >= 0.6 is 11.6 Å². The predicted octanol–water partition coefficient (Wildman–Crippen LogP) is 2.63. The summed E-state index contributed by atoms with van der Waals surface area (Å²) in [5, 5.41) is 0.571. The zero-order valence-corrected chi connectivity index (χ0v) is 9.63. The average molecular weight is 241 g/mol. The molecule has 0 spiro atoms. The minimum absolute atomic E-state index is 0.472. The van der Waals surface area contributed by atoms with Crippen molar-refractivity contribution in [1.82, 2.24) is 0 Å². The molecule has 1 aromatic rings. The SMILES string of the molecule is O=CCCc1ccc2c(c1Cl)OCCCO2. The molecule has 0 N–H and O–H groups in total. The van der Waals surface area contributed by atoms with Gasteiger partial charge in [-0.15, -0.1) is 0 Å². The van der Waals surface area contributed by atoms with Gasteiger partial charge in [-0.1, -0.05) is 17.7 Å². The average Bonchev–Trinajstić information content (AvgIpc) is 2.54. The van der Waals surface area contributed by atoms with Gasteiger partial charge in [-0.2, -0.15) is 0 Å². The third-order valence-electron chi connectivity index (χ3n) is 2.47. The number of benzene rings is 1. The second kappa shape index (κ2) is 5.21. The highest BCUT2D eigenvalue weighted by atomic mass is 35.5. The Labute approximate surface area is 99.3 Å². The highest BCUT2D eigenvalue weighted by molar-refractivity contribution is 6.33. The van der Waals surface area contributed by atoms with E-state index in [1.165, 1.54) is 0 Å². The van der Waals surface area contributed by atoms with E-state index in [4.69, 9.17) is 21.1 Å². The van der Waals surface area contributed by atoms with Gasteiger partial charge in [-0.25, -0.2) is 0 Å². The van der Waals surface area contributed by atoms with E-state index in [1.807, 2.05) is 12.1 Å². The molecular formula is C12H13ClO3. The minimum atomic E-state index is 0.472. The summed E-state index contributed by atoms with van der Waals surface area (Å²) >= 11 is 6.21. The maximum absolute atomic E-state index is 10.3. The van der Waals surface area contributed by atoms with E-state index in [-0.39, 0.29) is 0 Å². The van der Waals surface area contributed by atoms with Gasteiger partial charge in [0, 0.05) is 12.8 Å². The zero-order valence-electron chi connectivity index (χ0n) is 8.87. The van der Waals surface area contributed by atoms with Gasteiger partial charge in [0.2, 0.25) is 0 Å². The monoisotopic (exact) mass is 240 g/mol. The normalized spacial score (nSPS) is 14.3. The molecule has 1 heterocycles. The topological polar surface area (TPSA) is 35.5 Å². The largest absolute Gasteiger partial charge is 0.490 e. The Hall–Kier alpha value is -1.22. The first kappa shape index (κ1) is 11.3. The molecule has 0 unspecified atom stereocenters. The first-order chi connectivity index (χ1) is 7.83. The van der Waals surface area contributed by atoms with Gasteiger partial charge in [0.25, 0.3) is 0 Å². The lowest BCUT2D eigenvalue weighted by Gasteiger charge is -2.11. The van der Waals surface area contributed by atoms with Crippen LogP contribution in [0, 0.1) is 0 Å². The third kappa shape index (κ3) is 2.30. The van der Waals surface area contributed by atoms with E-state index < -0.39 is 0 Å². The molecule has 86 valence electrons. The van der Waals surface area contributed by atoms with E-state index in [1.54, 1.807) is 0 Å². The van der Waals surface area contributed by atoms with Crippen molar-refractivity contribution in [2.45, 2.75) is 19.3 Å². The van der Waals surface area contributed by atoms with Gasteiger partial charge in [-0.3, -0.25) is 0 Å². The molecule has 0 fully saturated rings. The van der Waals surface area contributed by atoms with Crippen LogP contribution in [0.15, 0.2) is 12.1 Å². The summed E-state index contributed by atoms with van der Waals surface area (Å²) in [5.74, 6) is 1.31. The summed E-state index contributed by atoms with van der Waals surface area (Å²) in [6.07, 6.45) is 2.85. The molecule has 0 aliphatic carbocycles. The molecule has 1 aliphatic rings. The second-order valence-electron chi connectivity index (χ2n) is 3.62. The van der Waals surface area contributed by atoms with Gasteiger partial charge in [0.05, 0.1) is 18.2 Å². The number of hydrogen-bond donors (Lipinski definition) is 0. The summed E-state index contributed by atoms with van der Waals surface area (Å²) in [6.45, 7) is 1.26. The summed E-state index contributed by atoms with van der Waals surface area (Å²) in [5.41, 5.74) is 0.929. The van der Waals surface area contributed by atoms with Crippen LogP contribution in [0.1, 0.15) is 18.4 Å². The quantitative estimate of drug-likeness (QED) is 0.762. The molecular weight excluding hydrogens is 228 g/mol. The first-order valence-electron chi connectivity index (χ1n) is 5.33. The number of carbonyl (C=O) groups excluding carboxylic acids is 1. The van der Waals surface area contributed by atoms with Crippen LogP contribution in [-0.2, 0) is 11.2 Å². The Kier molecular flexibility index (Phi) is 3.67. The van der Waals surface area contributed by atoms with E-state index >= 15 is 0 Å². The molecule has 0 saturated carbocycles. The lowest BCUT2D eigenvalue weighted by molar-refractivity contribution is -0.107. The molecule has 0 amide bonds. The molecule has 16 heavy (non-hydrogen) atoms. The van der Waals surface area contributed by atoms with Crippen molar-refractivity contribution in [3.8, 4) is 11.5 Å². The maximum atomic E-state index is 10.3. The number of hydrogen-bond acceptors (Lipinski definition) is 3. The van der Waals surface area contributed by atoms with Crippen LogP contribution in [0.25, 0.3) is 0 Å². The highest BCUT2D eigenvalue weighted by Crippen LogP contribution is 2.39. The van der Waals surface area contributed by atoms with Crippen molar-refractivity contribution in [2.75, 3.05) is 13.2 Å². The summed E-state index contributed by atoms with van der Waals surface area (Å²) < 4.78 is 11.1. The van der Waals surface area contributed by atoms with Crippen LogP contribution < -0.4 is 9.47 Å². The molecule has 0 bridgehead atoms. The van der Waals surface area contributed by atoms with Crippen molar-refractivity contribution >= 4 is 17.9 Å². The fraction of sp³-hybridized carbons (Fsp3) is 0.417. The molecule has 4 heteroatoms. The fourth-order valence-electron chi connectivity index (χ4n) is 1.65. The van der Waals surface area contributed by atoms with Crippen molar-refractivity contribution in [3.05, 3.63) is 22.7 Å². The van der Waals surface area contributed by atoms with Crippen LogP contribution in [0.2, 0.25) is 5.02 Å². The minimum Gasteiger partial charge on any atom is -0.490 e. The van der Waals surface area contributed by atoms with Crippen molar-refractivity contribution in [1.29, 1.82) is 0 Å². The second-order valence-corrected chi connectivity index (χ2v) is 4.00. The first-order valence-corrected chi connectivity index (χ1v) is 5.71. The van der Waals surface area contributed by atoms with E-state index in [0.717, 1.165) is 18.3 Å². The van der Waals surface area contributed by atoms with Gasteiger partial charge in [0.1, 0.15) is 6.29 Å². The standard InChI is InChI=1S/C12H13ClO3/c13-11-9(3-1-6-14)4-5-10-12(11)16-8-2-7-15-10/h4-6H,1-3,7-8H2. The summed E-state index contributed by atoms with van der Waals surface area (Å²) in [6, 6.07) is 3.74. The number of aldehydes is 1. The predicted molar refractivity (Wildman–Crippen MR) is 61.4 cm³/mol. The molecule has 2 rings (SSSR count). The van der Waals surface area contributed by atoms with Crippen LogP contribution in [0.3, 0.4) is 0 Å². The number of fused-ring (bicyclic) bond motifs is 1. The summed E-state index contributed by atoms with van der Waals surface area (Å²) in [7, 11) is 0. The molecule has 1 aliphatic heterocycles. The molecule has 0 aromatic heterocycles. The molecule has 0 atom stereocenters. The van der Waals surface area contributed by atoms with Crippen molar-refractivity contribution in [2.24, 2.45) is 0 Å². The Morgan fingerprint density at radius 2 is 2.12 bits per heavy atom. The fourth-order valence-corrected chi connectivity index (χ4v) is 1.96. The molecule has 0 saturated heterocycles. The zero-order chi connectivity index (χ0) is 11.4. The molecule has 3 nitrogen and oxygen atoms in total. The Morgan fingerprint density at radius 3 is 2.94 bits per heavy atom. The number of aryl methyl sites for hydroxylation is 1. The maximum Gasteiger partial charge on any atom is 0.180 e. The number of ether oxygens (including phenoxy) is 2. The van der Waals surface area contributed by atoms with Gasteiger partial charge >= 0.3 is 0 Å². The van der Waals surface area contributed by atoms with E-state index in [9.17, 15) is 4.79 Å². The van der Waals surface area contributed by atoms with E-state index in [2.05, 4.69) is 0 Å². The molecule has 1 aromatic carbocycles. The van der Waals surface area contributed by atoms with Crippen molar-refractivity contribution in [3.63, 3.8) is 0 Å². The van der Waals surface area contributed by atoms with Gasteiger partial charge < -0.3 is 14.3 Å².